The van der Waals surface area contributed by atoms with Gasteiger partial charge in [-0.1, -0.05) is 164 Å². The molecule has 0 saturated heterocycles. The van der Waals surface area contributed by atoms with Crippen molar-refractivity contribution < 1.29 is 0 Å². The number of nitrogens with zero attached hydrogens (tertiary/aromatic N) is 5. The van der Waals surface area contributed by atoms with Gasteiger partial charge in [-0.25, -0.2) is 15.0 Å². The Morgan fingerprint density at radius 2 is 0.937 bits per heavy atom. The molecule has 4 heterocycles. The third-order valence-corrected chi connectivity index (χ3v) is 13.6. The van der Waals surface area contributed by atoms with Crippen LogP contribution in [0, 0.1) is 0 Å². The van der Waals surface area contributed by atoms with Crippen molar-refractivity contribution in [2.45, 2.75) is 0 Å². The minimum Gasteiger partial charge on any atom is -0.307 e. The van der Waals surface area contributed by atoms with Gasteiger partial charge in [0.1, 0.15) is 0 Å². The van der Waals surface area contributed by atoms with Crippen molar-refractivity contribution in [3.8, 4) is 56.7 Å². The second kappa shape index (κ2) is 14.2. The lowest BCUT2D eigenvalue weighted by Crippen LogP contribution is -2.00. The van der Waals surface area contributed by atoms with Crippen LogP contribution in [-0.4, -0.2) is 24.1 Å². The van der Waals surface area contributed by atoms with Gasteiger partial charge in [-0.3, -0.25) is 0 Å². The Kier molecular flexibility index (Phi) is 8.01. The van der Waals surface area contributed by atoms with Crippen molar-refractivity contribution in [2.24, 2.45) is 0 Å². The average molecular weight is 822 g/mol. The quantitative estimate of drug-likeness (QED) is 0.168. The lowest BCUT2D eigenvalue weighted by molar-refractivity contribution is 1.08. The SMILES string of the molecule is c1ccc(-c2ccc3c4ccccc4n(-c4cccc5c6c7c(ccc6n(-c6ccccc6)c45)sc4c(-c5nc(-c6ccccc6)nc(-c6ccccc6)n5)cccc47)c3c2)cc1. The molecular formula is C57H35N5S. The molecule has 4 aromatic heterocycles. The predicted octanol–water partition coefficient (Wildman–Crippen LogP) is 15.1. The second-order valence-corrected chi connectivity index (χ2v) is 17.0. The van der Waals surface area contributed by atoms with E-state index in [1.54, 1.807) is 11.3 Å². The molecule has 0 fully saturated rings. The van der Waals surface area contributed by atoms with Crippen LogP contribution in [0.4, 0.5) is 0 Å². The Morgan fingerprint density at radius 1 is 0.349 bits per heavy atom. The molecule has 0 atom stereocenters. The fourth-order valence-electron chi connectivity index (χ4n) is 9.60. The molecule has 0 unspecified atom stereocenters. The van der Waals surface area contributed by atoms with Crippen LogP contribution in [-0.2, 0) is 0 Å². The minimum atomic E-state index is 0.652. The van der Waals surface area contributed by atoms with Gasteiger partial charge in [0, 0.05) is 64.1 Å². The standard InChI is InChI=1S/C57H35N5S/c1-5-17-36(18-6-1)39-31-32-42-41-25-13-14-29-46(41)62(49(42)35-39)48-30-16-26-43-51-47(61(53(43)48)40-23-11-4-12-24-40)33-34-50-52(51)44-27-15-28-45(54(44)63-50)57-59-55(37-19-7-2-8-20-37)58-56(60-57)38-21-9-3-10-22-38/h1-35H. The van der Waals surface area contributed by atoms with E-state index in [2.05, 4.69) is 185 Å². The van der Waals surface area contributed by atoms with E-state index in [1.807, 2.05) is 36.4 Å². The van der Waals surface area contributed by atoms with Crippen molar-refractivity contribution in [1.82, 2.24) is 24.1 Å². The largest absolute Gasteiger partial charge is 0.307 e. The molecule has 294 valence electrons. The van der Waals surface area contributed by atoms with E-state index in [9.17, 15) is 0 Å². The van der Waals surface area contributed by atoms with Gasteiger partial charge in [-0.05, 0) is 59.7 Å². The molecular weight excluding hydrogens is 787 g/mol. The topological polar surface area (TPSA) is 48.5 Å². The Morgan fingerprint density at radius 3 is 1.67 bits per heavy atom. The monoisotopic (exact) mass is 821 g/mol. The number of para-hydroxylation sites is 3. The molecule has 0 aliphatic carbocycles. The zero-order chi connectivity index (χ0) is 41.4. The van der Waals surface area contributed by atoms with E-state index in [4.69, 9.17) is 15.0 Å². The third kappa shape index (κ3) is 5.59. The number of fused-ring (bicyclic) bond motifs is 10. The van der Waals surface area contributed by atoms with E-state index in [0.29, 0.717) is 17.5 Å². The van der Waals surface area contributed by atoms with Gasteiger partial charge < -0.3 is 9.13 Å². The van der Waals surface area contributed by atoms with Crippen LogP contribution in [0.25, 0.3) is 120 Å². The molecule has 0 bridgehead atoms. The summed E-state index contributed by atoms with van der Waals surface area (Å²) >= 11 is 1.81. The molecule has 0 aliphatic rings. The van der Waals surface area contributed by atoms with E-state index < -0.39 is 0 Å². The first-order valence-electron chi connectivity index (χ1n) is 21.2. The summed E-state index contributed by atoms with van der Waals surface area (Å²) in [6.45, 7) is 0. The fraction of sp³-hybridized carbons (Fsp3) is 0. The summed E-state index contributed by atoms with van der Waals surface area (Å²) in [4.78, 5) is 15.3. The molecule has 13 rings (SSSR count). The molecule has 6 heteroatoms. The zero-order valence-electron chi connectivity index (χ0n) is 33.9. The summed E-state index contributed by atoms with van der Waals surface area (Å²) in [6.07, 6.45) is 0. The Hall–Kier alpha value is -8.19. The minimum absolute atomic E-state index is 0.652. The first-order chi connectivity index (χ1) is 31.3. The maximum absolute atomic E-state index is 5.17. The summed E-state index contributed by atoms with van der Waals surface area (Å²) in [6, 6.07) is 75.6. The first kappa shape index (κ1) is 35.6. The summed E-state index contributed by atoms with van der Waals surface area (Å²) in [5.41, 5.74) is 12.2. The number of aromatic nitrogens is 5. The van der Waals surface area contributed by atoms with Crippen LogP contribution in [0.15, 0.2) is 212 Å². The van der Waals surface area contributed by atoms with Gasteiger partial charge in [-0.2, -0.15) is 0 Å². The Bertz CT molecular complexity index is 3830. The third-order valence-electron chi connectivity index (χ3n) is 12.4. The summed E-state index contributed by atoms with van der Waals surface area (Å²) in [7, 11) is 0. The van der Waals surface area contributed by atoms with Crippen LogP contribution in [0.2, 0.25) is 0 Å². The first-order valence-corrected chi connectivity index (χ1v) is 22.0. The molecule has 0 spiro atoms. The van der Waals surface area contributed by atoms with Crippen molar-refractivity contribution >= 4 is 75.1 Å². The normalized spacial score (nSPS) is 11.8. The highest BCUT2D eigenvalue weighted by atomic mass is 32.1. The van der Waals surface area contributed by atoms with E-state index in [-0.39, 0.29) is 0 Å². The maximum atomic E-state index is 5.17. The molecule has 63 heavy (non-hydrogen) atoms. The van der Waals surface area contributed by atoms with Gasteiger partial charge in [0.25, 0.3) is 0 Å². The van der Waals surface area contributed by atoms with E-state index in [1.165, 1.54) is 59.2 Å². The van der Waals surface area contributed by atoms with Gasteiger partial charge in [0.05, 0.1) is 27.8 Å². The van der Waals surface area contributed by atoms with E-state index in [0.717, 1.165) is 43.8 Å². The molecule has 0 aliphatic heterocycles. The molecule has 0 radical (unpaired) electrons. The smallest absolute Gasteiger partial charge is 0.165 e. The summed E-state index contributed by atoms with van der Waals surface area (Å²) in [5, 5.41) is 7.31. The average Bonchev–Trinajstić information content (AvgIpc) is 4.02. The van der Waals surface area contributed by atoms with Crippen molar-refractivity contribution in [3.63, 3.8) is 0 Å². The summed E-state index contributed by atoms with van der Waals surface area (Å²) < 4.78 is 7.32. The Balaban J connectivity index is 1.11. The molecule has 13 aromatic rings. The molecule has 0 N–H and O–H groups in total. The second-order valence-electron chi connectivity index (χ2n) is 16.0. The van der Waals surface area contributed by atoms with Gasteiger partial charge in [0.2, 0.25) is 0 Å². The molecule has 5 nitrogen and oxygen atoms in total. The molecule has 0 saturated carbocycles. The van der Waals surface area contributed by atoms with Crippen molar-refractivity contribution in [1.29, 1.82) is 0 Å². The van der Waals surface area contributed by atoms with Crippen LogP contribution in [0.1, 0.15) is 0 Å². The Labute approximate surface area is 366 Å². The highest BCUT2D eigenvalue weighted by Crippen LogP contribution is 2.47. The molecule has 9 aromatic carbocycles. The number of hydrogen-bond acceptors (Lipinski definition) is 4. The highest BCUT2D eigenvalue weighted by molar-refractivity contribution is 7.26. The number of thiophene rings is 1. The van der Waals surface area contributed by atoms with Gasteiger partial charge >= 0.3 is 0 Å². The van der Waals surface area contributed by atoms with Gasteiger partial charge in [0.15, 0.2) is 17.5 Å². The van der Waals surface area contributed by atoms with Crippen LogP contribution >= 0.6 is 11.3 Å². The lowest BCUT2D eigenvalue weighted by atomic mass is 10.0. The predicted molar refractivity (Wildman–Crippen MR) is 263 cm³/mol. The van der Waals surface area contributed by atoms with Gasteiger partial charge in [-0.15, -0.1) is 11.3 Å². The van der Waals surface area contributed by atoms with Crippen LogP contribution < -0.4 is 0 Å². The fourth-order valence-corrected chi connectivity index (χ4v) is 10.8. The van der Waals surface area contributed by atoms with E-state index >= 15 is 0 Å². The summed E-state index contributed by atoms with van der Waals surface area (Å²) in [5.74, 6) is 1.96. The van der Waals surface area contributed by atoms with Crippen molar-refractivity contribution in [2.75, 3.05) is 0 Å². The van der Waals surface area contributed by atoms with Crippen molar-refractivity contribution in [3.05, 3.63) is 212 Å². The van der Waals surface area contributed by atoms with Crippen LogP contribution in [0.3, 0.4) is 0 Å². The maximum Gasteiger partial charge on any atom is 0.165 e. The molecule has 0 amide bonds. The zero-order valence-corrected chi connectivity index (χ0v) is 34.7. The highest BCUT2D eigenvalue weighted by Gasteiger charge is 2.24. The lowest BCUT2D eigenvalue weighted by Gasteiger charge is -2.14. The van der Waals surface area contributed by atoms with Crippen LogP contribution in [0.5, 0.6) is 0 Å². The number of rotatable bonds is 6. The number of hydrogen-bond donors (Lipinski definition) is 0. The number of benzene rings is 9.